The van der Waals surface area contributed by atoms with Crippen molar-refractivity contribution in [3.63, 3.8) is 0 Å². The quantitative estimate of drug-likeness (QED) is 0.527. The molecule has 0 aromatic carbocycles. The summed E-state index contributed by atoms with van der Waals surface area (Å²) in [5, 5.41) is 0. The van der Waals surface area contributed by atoms with Gasteiger partial charge in [0.25, 0.3) is 0 Å². The van der Waals surface area contributed by atoms with Crippen LogP contribution in [0.2, 0.25) is 0 Å². The molecule has 1 aliphatic rings. The number of rotatable bonds is 2. The van der Waals surface area contributed by atoms with Crippen molar-refractivity contribution in [3.05, 3.63) is 5.92 Å². The van der Waals surface area contributed by atoms with E-state index in [0.29, 0.717) is 0 Å². The van der Waals surface area contributed by atoms with Crippen molar-refractivity contribution >= 4 is 0 Å². The van der Waals surface area contributed by atoms with Crippen molar-refractivity contribution in [1.82, 2.24) is 0 Å². The molecule has 0 nitrogen and oxygen atoms in total. The van der Waals surface area contributed by atoms with E-state index >= 15 is 0 Å². The van der Waals surface area contributed by atoms with Gasteiger partial charge in [-0.2, -0.15) is 0 Å². The van der Waals surface area contributed by atoms with E-state index in [4.69, 9.17) is 0 Å². The molecule has 0 amide bonds. The molecule has 0 aliphatic heterocycles. The summed E-state index contributed by atoms with van der Waals surface area (Å²) in [7, 11) is 0. The fraction of sp³-hybridized carbons (Fsp3) is 0.909. The van der Waals surface area contributed by atoms with Crippen molar-refractivity contribution in [2.75, 3.05) is 0 Å². The Kier molecular flexibility index (Phi) is 3.96. The highest BCUT2D eigenvalue weighted by Gasteiger charge is 2.17. The first-order valence-corrected chi connectivity index (χ1v) is 5.17. The van der Waals surface area contributed by atoms with Crippen LogP contribution >= 0.6 is 0 Å². The lowest BCUT2D eigenvalue weighted by Gasteiger charge is -2.19. The van der Waals surface area contributed by atoms with Crippen molar-refractivity contribution in [2.45, 2.75) is 58.8 Å². The van der Waals surface area contributed by atoms with Crippen LogP contribution in [-0.2, 0) is 0 Å². The number of hydrogen-bond donors (Lipinski definition) is 0. The second-order valence-electron chi connectivity index (χ2n) is 3.89. The summed E-state index contributed by atoms with van der Waals surface area (Å²) in [5.41, 5.74) is 0. The molecule has 0 bridgehead atoms. The maximum Gasteiger partial charge on any atom is -0.0244 e. The zero-order valence-electron chi connectivity index (χ0n) is 8.03. The molecule has 0 unspecified atom stereocenters. The summed E-state index contributed by atoms with van der Waals surface area (Å²) in [6.45, 7) is 4.64. The Labute approximate surface area is 71.4 Å². The molecule has 0 N–H and O–H groups in total. The molecule has 1 rings (SSSR count). The monoisotopic (exact) mass is 153 g/mol. The fourth-order valence-electron chi connectivity index (χ4n) is 2.06. The van der Waals surface area contributed by atoms with E-state index in [-0.39, 0.29) is 0 Å². The van der Waals surface area contributed by atoms with Crippen LogP contribution in [0.5, 0.6) is 0 Å². The molecule has 1 fully saturated rings. The van der Waals surface area contributed by atoms with Gasteiger partial charge in [-0.15, -0.1) is 0 Å². The van der Waals surface area contributed by atoms with Gasteiger partial charge in [0.2, 0.25) is 0 Å². The van der Waals surface area contributed by atoms with Gasteiger partial charge in [-0.3, -0.25) is 0 Å². The summed E-state index contributed by atoms with van der Waals surface area (Å²) in [6, 6.07) is 0. The predicted octanol–water partition coefficient (Wildman–Crippen LogP) is 3.96. The SMILES string of the molecule is CC[C](C)C1CCCCCC1. The highest BCUT2D eigenvalue weighted by atomic mass is 14.2. The van der Waals surface area contributed by atoms with Crippen molar-refractivity contribution in [2.24, 2.45) is 5.92 Å². The number of hydrogen-bond acceptors (Lipinski definition) is 0. The molecule has 0 heterocycles. The minimum absolute atomic E-state index is 0.975. The standard InChI is InChI=1S/C11H21/c1-3-10(2)11-8-6-4-5-7-9-11/h11H,3-9H2,1-2H3. The molecule has 0 aromatic heterocycles. The predicted molar refractivity (Wildman–Crippen MR) is 50.4 cm³/mol. The van der Waals surface area contributed by atoms with Crippen LogP contribution in [0.4, 0.5) is 0 Å². The third kappa shape index (κ3) is 2.84. The maximum absolute atomic E-state index is 2.34. The lowest BCUT2D eigenvalue weighted by Crippen LogP contribution is -2.07. The van der Waals surface area contributed by atoms with Gasteiger partial charge in [-0.25, -0.2) is 0 Å². The third-order valence-electron chi connectivity index (χ3n) is 3.11. The molecule has 1 radical (unpaired) electrons. The summed E-state index contributed by atoms with van der Waals surface area (Å²) in [5.74, 6) is 2.72. The lowest BCUT2D eigenvalue weighted by molar-refractivity contribution is 0.460. The van der Waals surface area contributed by atoms with Crippen LogP contribution in [0.1, 0.15) is 58.8 Å². The molecule has 1 aliphatic carbocycles. The van der Waals surface area contributed by atoms with Crippen LogP contribution in [0.15, 0.2) is 0 Å². The van der Waals surface area contributed by atoms with Gasteiger partial charge in [0.15, 0.2) is 0 Å². The largest absolute Gasteiger partial charge is 0.0648 e. The minimum Gasteiger partial charge on any atom is -0.0648 e. The van der Waals surface area contributed by atoms with Gasteiger partial charge < -0.3 is 0 Å². The second kappa shape index (κ2) is 4.79. The molecule has 0 spiro atoms. The Morgan fingerprint density at radius 3 is 2.09 bits per heavy atom. The van der Waals surface area contributed by atoms with Crippen molar-refractivity contribution in [3.8, 4) is 0 Å². The Bertz CT molecular complexity index is 88.2. The van der Waals surface area contributed by atoms with E-state index in [1.807, 2.05) is 0 Å². The van der Waals surface area contributed by atoms with Crippen LogP contribution in [0, 0.1) is 11.8 Å². The first-order valence-electron chi connectivity index (χ1n) is 5.17. The second-order valence-corrected chi connectivity index (χ2v) is 3.89. The molecule has 0 atom stereocenters. The topological polar surface area (TPSA) is 0 Å². The highest BCUT2D eigenvalue weighted by molar-refractivity contribution is 4.91. The smallest absolute Gasteiger partial charge is 0.0244 e. The first-order chi connectivity index (χ1) is 5.34. The molecule has 0 saturated heterocycles. The molecular weight excluding hydrogens is 132 g/mol. The van der Waals surface area contributed by atoms with Gasteiger partial charge in [0.05, 0.1) is 0 Å². The van der Waals surface area contributed by atoms with Gasteiger partial charge in [-0.05, 0) is 31.1 Å². The summed E-state index contributed by atoms with van der Waals surface area (Å²) >= 11 is 0. The lowest BCUT2D eigenvalue weighted by atomic mass is 9.86. The maximum atomic E-state index is 2.34. The fourth-order valence-corrected chi connectivity index (χ4v) is 2.06. The normalized spacial score (nSPS) is 22.1. The van der Waals surface area contributed by atoms with E-state index < -0.39 is 0 Å². The molecule has 65 valence electrons. The molecule has 0 aromatic rings. The highest BCUT2D eigenvalue weighted by Crippen LogP contribution is 2.31. The molecule has 0 heteroatoms. The zero-order chi connectivity index (χ0) is 8.10. The molecule has 11 heavy (non-hydrogen) atoms. The average molecular weight is 153 g/mol. The van der Waals surface area contributed by atoms with Gasteiger partial charge in [0, 0.05) is 0 Å². The van der Waals surface area contributed by atoms with Crippen molar-refractivity contribution in [1.29, 1.82) is 0 Å². The van der Waals surface area contributed by atoms with Gasteiger partial charge in [0.1, 0.15) is 0 Å². The van der Waals surface area contributed by atoms with Crippen LogP contribution in [0.3, 0.4) is 0 Å². The van der Waals surface area contributed by atoms with Crippen LogP contribution < -0.4 is 0 Å². The van der Waals surface area contributed by atoms with Crippen LogP contribution in [-0.4, -0.2) is 0 Å². The summed E-state index contributed by atoms with van der Waals surface area (Å²) in [4.78, 5) is 0. The molecule has 1 saturated carbocycles. The van der Waals surface area contributed by atoms with Crippen molar-refractivity contribution < 1.29 is 0 Å². The minimum atomic E-state index is 0.975. The van der Waals surface area contributed by atoms with Crippen LogP contribution in [0.25, 0.3) is 0 Å². The first kappa shape index (κ1) is 9.09. The summed E-state index contributed by atoms with van der Waals surface area (Å²) < 4.78 is 0. The average Bonchev–Trinajstić information content (AvgIpc) is 2.30. The Hall–Kier alpha value is 0. The van der Waals surface area contributed by atoms with E-state index in [2.05, 4.69) is 13.8 Å². The van der Waals surface area contributed by atoms with E-state index in [1.54, 1.807) is 5.92 Å². The van der Waals surface area contributed by atoms with E-state index in [0.717, 1.165) is 5.92 Å². The van der Waals surface area contributed by atoms with E-state index in [9.17, 15) is 0 Å². The Morgan fingerprint density at radius 1 is 1.09 bits per heavy atom. The Morgan fingerprint density at radius 2 is 1.64 bits per heavy atom. The molecular formula is C11H21. The van der Waals surface area contributed by atoms with Gasteiger partial charge in [-0.1, -0.05) is 39.5 Å². The summed E-state index contributed by atoms with van der Waals surface area (Å²) in [6.07, 6.45) is 10.1. The zero-order valence-corrected chi connectivity index (χ0v) is 8.03. The van der Waals surface area contributed by atoms with Gasteiger partial charge >= 0.3 is 0 Å². The third-order valence-corrected chi connectivity index (χ3v) is 3.11. The Balaban J connectivity index is 2.30. The van der Waals surface area contributed by atoms with E-state index in [1.165, 1.54) is 44.9 Å².